The molecule has 0 aromatic heterocycles. The van der Waals surface area contributed by atoms with E-state index in [-0.39, 0.29) is 23.1 Å². The van der Waals surface area contributed by atoms with Crippen LogP contribution in [0.3, 0.4) is 0 Å². The lowest BCUT2D eigenvalue weighted by Gasteiger charge is -2.52. The van der Waals surface area contributed by atoms with E-state index in [1.165, 1.54) is 98.1 Å². The highest BCUT2D eigenvalue weighted by Crippen LogP contribution is 2.61. The van der Waals surface area contributed by atoms with Crippen LogP contribution in [-0.4, -0.2) is 12.3 Å². The predicted molar refractivity (Wildman–Crippen MR) is 239 cm³/mol. The second kappa shape index (κ2) is 11.9. The van der Waals surface area contributed by atoms with Crippen LogP contribution in [0.15, 0.2) is 152 Å². The minimum absolute atomic E-state index is 0.0208. The van der Waals surface area contributed by atoms with Gasteiger partial charge in [0.2, 0.25) is 0 Å². The number of fused-ring (bicyclic) bond motifs is 8. The van der Waals surface area contributed by atoms with E-state index in [9.17, 15) is 0 Å². The largest absolute Gasteiger partial charge is 0.335 e. The Labute approximate surface area is 332 Å². The van der Waals surface area contributed by atoms with E-state index in [4.69, 9.17) is 0 Å². The Balaban J connectivity index is 1.18. The van der Waals surface area contributed by atoms with Gasteiger partial charge in [0.05, 0.1) is 11.2 Å². The normalized spacial score (nSPS) is 20.3. The molecule has 1 saturated carbocycles. The predicted octanol–water partition coefficient (Wildman–Crippen LogP) is 12.0. The van der Waals surface area contributed by atoms with Crippen molar-refractivity contribution in [3.63, 3.8) is 0 Å². The third kappa shape index (κ3) is 4.53. The molecule has 2 unspecified atom stereocenters. The fourth-order valence-electron chi connectivity index (χ4n) is 11.1. The maximum atomic E-state index is 2.80. The molecule has 2 atom stereocenters. The van der Waals surface area contributed by atoms with Gasteiger partial charge < -0.3 is 14.7 Å². The van der Waals surface area contributed by atoms with Gasteiger partial charge in [0.15, 0.2) is 0 Å². The summed E-state index contributed by atoms with van der Waals surface area (Å²) in [6, 6.07) is 57.4. The van der Waals surface area contributed by atoms with Gasteiger partial charge >= 0.3 is 0 Å². The van der Waals surface area contributed by atoms with Crippen LogP contribution in [-0.2, 0) is 10.8 Å². The molecule has 3 heterocycles. The molecular weight excluding hydrogens is 677 g/mol. The monoisotopic (exact) mass is 725 g/mol. The molecular formula is C52H48BN3. The zero-order valence-corrected chi connectivity index (χ0v) is 33.2. The van der Waals surface area contributed by atoms with Gasteiger partial charge in [-0.25, -0.2) is 0 Å². The van der Waals surface area contributed by atoms with E-state index in [1.807, 2.05) is 0 Å². The summed E-state index contributed by atoms with van der Waals surface area (Å²) in [4.78, 5) is 7.82. The van der Waals surface area contributed by atoms with E-state index >= 15 is 0 Å². The summed E-state index contributed by atoms with van der Waals surface area (Å²) in [6.45, 7) is 12.1. The number of hydrogen-bond acceptors (Lipinski definition) is 3. The van der Waals surface area contributed by atoms with Gasteiger partial charge in [-0.3, -0.25) is 0 Å². The van der Waals surface area contributed by atoms with Crippen molar-refractivity contribution in [3.8, 4) is 0 Å². The van der Waals surface area contributed by atoms with Gasteiger partial charge in [-0.1, -0.05) is 138 Å². The summed E-state index contributed by atoms with van der Waals surface area (Å²) >= 11 is 0. The van der Waals surface area contributed by atoms with Gasteiger partial charge in [0.1, 0.15) is 0 Å². The molecule has 0 radical (unpaired) electrons. The minimum atomic E-state index is 0.0208. The molecule has 0 bridgehead atoms. The van der Waals surface area contributed by atoms with Crippen LogP contribution in [0.25, 0.3) is 10.8 Å². The zero-order chi connectivity index (χ0) is 38.0. The van der Waals surface area contributed by atoms with Crippen molar-refractivity contribution in [1.29, 1.82) is 0 Å². The fraction of sp³-hybridized carbons (Fsp3) is 0.231. The molecule has 1 aliphatic carbocycles. The molecule has 11 rings (SSSR count). The Bertz CT molecular complexity index is 2690. The Morgan fingerprint density at radius 1 is 0.607 bits per heavy atom. The standard InChI is InChI=1S/C52H48BN3/c1-50(2,3)36-26-28-38(29-27-36)54(44-23-13-17-35-16-9-10-20-40(35)44)39-30-31-42-47(34-39)55(37-18-7-6-8-19-37)45-24-15-25-46-48(45)53(42)43-22-14-21-41-49(43)56(46)52(5)33-12-11-32-51(41,52)4/h6-10,13-31,34H,11-12,32-33H2,1-5H3. The SMILES string of the molecule is CC(C)(C)c1ccc(N(c2ccc3c(c2)N(c2ccccc2)c2cccc4c2B3c2cccc3c2N4C2(C)CCCCC32C)c2cccc3ccccc23)cc1. The minimum Gasteiger partial charge on any atom is -0.335 e. The molecule has 7 aromatic carbocycles. The summed E-state index contributed by atoms with van der Waals surface area (Å²) in [5, 5.41) is 2.47. The third-order valence-electron chi connectivity index (χ3n) is 14.1. The molecule has 0 N–H and O–H groups in total. The molecule has 56 heavy (non-hydrogen) atoms. The fourth-order valence-corrected chi connectivity index (χ4v) is 11.1. The average Bonchev–Trinajstić information content (AvgIpc) is 3.43. The van der Waals surface area contributed by atoms with Crippen LogP contribution in [0.4, 0.5) is 45.5 Å². The van der Waals surface area contributed by atoms with E-state index in [0.29, 0.717) is 0 Å². The van der Waals surface area contributed by atoms with E-state index in [2.05, 4.69) is 201 Å². The lowest BCUT2D eigenvalue weighted by molar-refractivity contribution is 0.195. The molecule has 7 aromatic rings. The van der Waals surface area contributed by atoms with Crippen LogP contribution >= 0.6 is 0 Å². The first-order valence-electron chi connectivity index (χ1n) is 20.6. The smallest absolute Gasteiger partial charge is 0.252 e. The maximum absolute atomic E-state index is 2.80. The van der Waals surface area contributed by atoms with Crippen molar-refractivity contribution in [2.45, 2.75) is 76.7 Å². The number of anilines is 8. The molecule has 0 spiro atoms. The molecule has 0 saturated heterocycles. The van der Waals surface area contributed by atoms with E-state index in [0.717, 1.165) is 11.4 Å². The van der Waals surface area contributed by atoms with Crippen LogP contribution in [0.5, 0.6) is 0 Å². The Morgan fingerprint density at radius 2 is 1.30 bits per heavy atom. The summed E-state index contributed by atoms with van der Waals surface area (Å²) in [5.74, 6) is 0. The highest BCUT2D eigenvalue weighted by Gasteiger charge is 2.61. The lowest BCUT2D eigenvalue weighted by Crippen LogP contribution is -2.64. The van der Waals surface area contributed by atoms with Gasteiger partial charge in [-0.15, -0.1) is 0 Å². The molecule has 1 fully saturated rings. The van der Waals surface area contributed by atoms with Crippen molar-refractivity contribution in [1.82, 2.24) is 0 Å². The van der Waals surface area contributed by atoms with E-state index < -0.39 is 0 Å². The van der Waals surface area contributed by atoms with E-state index in [1.54, 1.807) is 0 Å². The molecule has 4 aliphatic rings. The van der Waals surface area contributed by atoms with Crippen molar-refractivity contribution >= 4 is 79.4 Å². The van der Waals surface area contributed by atoms with Crippen molar-refractivity contribution < 1.29 is 0 Å². The topological polar surface area (TPSA) is 9.72 Å². The van der Waals surface area contributed by atoms with Crippen LogP contribution in [0.1, 0.15) is 71.4 Å². The van der Waals surface area contributed by atoms with Crippen molar-refractivity contribution in [3.05, 3.63) is 163 Å². The highest BCUT2D eigenvalue weighted by molar-refractivity contribution is 7.00. The van der Waals surface area contributed by atoms with Gasteiger partial charge in [-0.2, -0.15) is 0 Å². The second-order valence-corrected chi connectivity index (χ2v) is 18.1. The maximum Gasteiger partial charge on any atom is 0.252 e. The highest BCUT2D eigenvalue weighted by atomic mass is 15.3. The number of hydrogen-bond donors (Lipinski definition) is 0. The van der Waals surface area contributed by atoms with Gasteiger partial charge in [0, 0.05) is 50.6 Å². The summed E-state index contributed by atoms with van der Waals surface area (Å²) in [5.41, 5.74) is 17.3. The second-order valence-electron chi connectivity index (χ2n) is 18.1. The first-order valence-corrected chi connectivity index (χ1v) is 20.6. The lowest BCUT2D eigenvalue weighted by atomic mass is 9.33. The summed E-state index contributed by atoms with van der Waals surface area (Å²) < 4.78 is 0. The number of para-hydroxylation sites is 2. The summed E-state index contributed by atoms with van der Waals surface area (Å²) in [7, 11) is 0. The number of nitrogens with zero attached hydrogens (tertiary/aromatic N) is 3. The first kappa shape index (κ1) is 33.6. The molecule has 4 heteroatoms. The van der Waals surface area contributed by atoms with Crippen LogP contribution < -0.4 is 31.1 Å². The first-order chi connectivity index (χ1) is 27.2. The molecule has 0 amide bonds. The third-order valence-corrected chi connectivity index (χ3v) is 14.1. The van der Waals surface area contributed by atoms with Crippen molar-refractivity contribution in [2.75, 3.05) is 14.7 Å². The molecule has 3 nitrogen and oxygen atoms in total. The number of rotatable bonds is 4. The zero-order valence-electron chi connectivity index (χ0n) is 33.2. The Kier molecular flexibility index (Phi) is 7.13. The quantitative estimate of drug-likeness (QED) is 0.167. The van der Waals surface area contributed by atoms with Gasteiger partial charge in [-0.05, 0) is 113 Å². The molecule has 274 valence electrons. The summed E-state index contributed by atoms with van der Waals surface area (Å²) in [6.07, 6.45) is 5.00. The number of benzene rings is 7. The molecule has 3 aliphatic heterocycles. The van der Waals surface area contributed by atoms with Crippen LogP contribution in [0, 0.1) is 0 Å². The Hall–Kier alpha value is -5.74. The van der Waals surface area contributed by atoms with Crippen LogP contribution in [0.2, 0.25) is 0 Å². The van der Waals surface area contributed by atoms with Crippen molar-refractivity contribution in [2.24, 2.45) is 0 Å². The average molecular weight is 726 g/mol. The Morgan fingerprint density at radius 3 is 2.12 bits per heavy atom. The van der Waals surface area contributed by atoms with Gasteiger partial charge in [0.25, 0.3) is 6.71 Å².